The lowest BCUT2D eigenvalue weighted by Crippen LogP contribution is -2.29. The van der Waals surface area contributed by atoms with Gasteiger partial charge in [0.15, 0.2) is 0 Å². The molecule has 0 spiro atoms. The van der Waals surface area contributed by atoms with E-state index in [9.17, 15) is 8.42 Å². The summed E-state index contributed by atoms with van der Waals surface area (Å²) < 4.78 is 24.9. The van der Waals surface area contributed by atoms with Gasteiger partial charge in [0.05, 0.1) is 12.8 Å². The maximum absolute atomic E-state index is 11.7. The van der Waals surface area contributed by atoms with Crippen LogP contribution in [0.2, 0.25) is 0 Å². The zero-order valence-electron chi connectivity index (χ0n) is 10.3. The zero-order valence-corrected chi connectivity index (χ0v) is 11.1. The van der Waals surface area contributed by atoms with E-state index in [4.69, 9.17) is 0 Å². The third-order valence-corrected chi connectivity index (χ3v) is 4.79. The van der Waals surface area contributed by atoms with Gasteiger partial charge >= 0.3 is 0 Å². The van der Waals surface area contributed by atoms with Crippen LogP contribution in [0.25, 0.3) is 10.9 Å². The van der Waals surface area contributed by atoms with Gasteiger partial charge in [-0.05, 0) is 24.5 Å². The Kier molecular flexibility index (Phi) is 2.68. The number of benzene rings is 1. The number of rotatable bonds is 1. The van der Waals surface area contributed by atoms with Gasteiger partial charge in [0.2, 0.25) is 10.0 Å². The van der Waals surface area contributed by atoms with Crippen molar-refractivity contribution in [1.82, 2.24) is 9.29 Å². The van der Waals surface area contributed by atoms with Crippen molar-refractivity contribution in [2.45, 2.75) is 19.4 Å². The molecule has 1 N–H and O–H groups in total. The first-order chi connectivity index (χ1) is 8.55. The van der Waals surface area contributed by atoms with Crippen molar-refractivity contribution in [1.29, 1.82) is 0 Å². The molecule has 3 rings (SSSR count). The van der Waals surface area contributed by atoms with E-state index in [1.165, 1.54) is 17.2 Å². The van der Waals surface area contributed by atoms with Crippen molar-refractivity contribution in [3.63, 3.8) is 0 Å². The van der Waals surface area contributed by atoms with Gasteiger partial charge in [0.1, 0.15) is 0 Å². The standard InChI is InChI=1S/C13H16N2O2S/c1-18(16,17)15-8-4-6-11-10-5-2-3-7-12(10)14-13(11)9-15/h2-3,5,7,14H,4,6,8-9H2,1H3. The molecular weight excluding hydrogens is 248 g/mol. The van der Waals surface area contributed by atoms with E-state index < -0.39 is 10.0 Å². The lowest BCUT2D eigenvalue weighted by Gasteiger charge is -2.16. The average Bonchev–Trinajstić information content (AvgIpc) is 2.52. The summed E-state index contributed by atoms with van der Waals surface area (Å²) >= 11 is 0. The molecule has 18 heavy (non-hydrogen) atoms. The Morgan fingerprint density at radius 1 is 1.28 bits per heavy atom. The maximum Gasteiger partial charge on any atom is 0.211 e. The summed E-state index contributed by atoms with van der Waals surface area (Å²) in [5, 5.41) is 1.22. The van der Waals surface area contributed by atoms with Gasteiger partial charge in [-0.1, -0.05) is 18.2 Å². The number of nitrogens with zero attached hydrogens (tertiary/aromatic N) is 1. The molecule has 0 aliphatic carbocycles. The van der Waals surface area contributed by atoms with Gasteiger partial charge in [-0.3, -0.25) is 0 Å². The fourth-order valence-electron chi connectivity index (χ4n) is 2.65. The van der Waals surface area contributed by atoms with Crippen LogP contribution < -0.4 is 0 Å². The molecule has 2 heterocycles. The Bertz CT molecular complexity index is 688. The summed E-state index contributed by atoms with van der Waals surface area (Å²) in [4.78, 5) is 3.35. The van der Waals surface area contributed by atoms with E-state index in [0.29, 0.717) is 13.1 Å². The van der Waals surface area contributed by atoms with Crippen LogP contribution in [0, 0.1) is 0 Å². The first-order valence-electron chi connectivity index (χ1n) is 6.09. The van der Waals surface area contributed by atoms with Crippen LogP contribution in [0.1, 0.15) is 17.7 Å². The number of aryl methyl sites for hydroxylation is 1. The highest BCUT2D eigenvalue weighted by molar-refractivity contribution is 7.88. The molecule has 0 unspecified atom stereocenters. The minimum atomic E-state index is -3.12. The van der Waals surface area contributed by atoms with Gasteiger partial charge < -0.3 is 4.98 Å². The largest absolute Gasteiger partial charge is 0.357 e. The molecule has 1 aromatic carbocycles. The SMILES string of the molecule is CS(=O)(=O)N1CCCc2c([nH]c3ccccc23)C1. The molecule has 2 aromatic rings. The van der Waals surface area contributed by atoms with Crippen molar-refractivity contribution in [3.05, 3.63) is 35.5 Å². The Labute approximate surface area is 107 Å². The number of fused-ring (bicyclic) bond motifs is 3. The maximum atomic E-state index is 11.7. The molecule has 0 saturated heterocycles. The lowest BCUT2D eigenvalue weighted by molar-refractivity contribution is 0.411. The van der Waals surface area contributed by atoms with Crippen LogP contribution in [-0.2, 0) is 23.0 Å². The first-order valence-corrected chi connectivity index (χ1v) is 7.94. The third-order valence-electron chi connectivity index (χ3n) is 3.54. The quantitative estimate of drug-likeness (QED) is 0.855. The number of nitrogens with one attached hydrogen (secondary N) is 1. The van der Waals surface area contributed by atoms with Crippen molar-refractivity contribution in [3.8, 4) is 0 Å². The van der Waals surface area contributed by atoms with E-state index in [0.717, 1.165) is 24.1 Å². The van der Waals surface area contributed by atoms with Crippen molar-refractivity contribution in [2.24, 2.45) is 0 Å². The number of para-hydroxylation sites is 1. The van der Waals surface area contributed by atoms with Crippen molar-refractivity contribution >= 4 is 20.9 Å². The number of aromatic nitrogens is 1. The molecule has 4 nitrogen and oxygen atoms in total. The molecule has 1 aliphatic heterocycles. The summed E-state index contributed by atoms with van der Waals surface area (Å²) in [5.41, 5.74) is 3.41. The first kappa shape index (κ1) is 11.7. The van der Waals surface area contributed by atoms with E-state index in [-0.39, 0.29) is 0 Å². The number of sulfonamides is 1. The number of hydrogen-bond acceptors (Lipinski definition) is 2. The molecule has 1 aromatic heterocycles. The van der Waals surface area contributed by atoms with Crippen LogP contribution in [0.5, 0.6) is 0 Å². The number of hydrogen-bond donors (Lipinski definition) is 1. The van der Waals surface area contributed by atoms with E-state index in [2.05, 4.69) is 11.1 Å². The predicted molar refractivity (Wildman–Crippen MR) is 71.9 cm³/mol. The second-order valence-corrected chi connectivity index (χ2v) is 6.81. The van der Waals surface area contributed by atoms with E-state index in [1.54, 1.807) is 4.31 Å². The van der Waals surface area contributed by atoms with Crippen LogP contribution >= 0.6 is 0 Å². The molecule has 0 amide bonds. The van der Waals surface area contributed by atoms with Crippen LogP contribution in [-0.4, -0.2) is 30.5 Å². The summed E-state index contributed by atoms with van der Waals surface area (Å²) in [6.07, 6.45) is 3.09. The number of H-pyrrole nitrogens is 1. The zero-order chi connectivity index (χ0) is 12.8. The minimum Gasteiger partial charge on any atom is -0.357 e. The molecule has 0 bridgehead atoms. The van der Waals surface area contributed by atoms with Gasteiger partial charge in [-0.25, -0.2) is 8.42 Å². The minimum absolute atomic E-state index is 0.461. The fraction of sp³-hybridized carbons (Fsp3) is 0.385. The molecule has 5 heteroatoms. The van der Waals surface area contributed by atoms with Crippen LogP contribution in [0.15, 0.2) is 24.3 Å². The second-order valence-electron chi connectivity index (χ2n) is 4.83. The van der Waals surface area contributed by atoms with Crippen molar-refractivity contribution in [2.75, 3.05) is 12.8 Å². The van der Waals surface area contributed by atoms with Gasteiger partial charge in [-0.2, -0.15) is 4.31 Å². The highest BCUT2D eigenvalue weighted by atomic mass is 32.2. The normalized spacial score (nSPS) is 17.6. The third kappa shape index (κ3) is 1.93. The highest BCUT2D eigenvalue weighted by Gasteiger charge is 2.23. The Morgan fingerprint density at radius 2 is 2.06 bits per heavy atom. The average molecular weight is 264 g/mol. The monoisotopic (exact) mass is 264 g/mol. The fourth-order valence-corrected chi connectivity index (χ4v) is 3.47. The smallest absolute Gasteiger partial charge is 0.211 e. The highest BCUT2D eigenvalue weighted by Crippen LogP contribution is 2.27. The predicted octanol–water partition coefficient (Wildman–Crippen LogP) is 1.88. The molecule has 0 saturated carbocycles. The molecule has 0 atom stereocenters. The Morgan fingerprint density at radius 3 is 2.83 bits per heavy atom. The number of aromatic amines is 1. The van der Waals surface area contributed by atoms with Crippen LogP contribution in [0.3, 0.4) is 0 Å². The Balaban J connectivity index is 2.10. The molecule has 1 aliphatic rings. The van der Waals surface area contributed by atoms with Gasteiger partial charge in [-0.15, -0.1) is 0 Å². The topological polar surface area (TPSA) is 53.2 Å². The molecule has 96 valence electrons. The summed E-state index contributed by atoms with van der Waals surface area (Å²) in [5.74, 6) is 0. The summed E-state index contributed by atoms with van der Waals surface area (Å²) in [7, 11) is -3.12. The molecule has 0 fully saturated rings. The van der Waals surface area contributed by atoms with E-state index in [1.807, 2.05) is 18.2 Å². The van der Waals surface area contributed by atoms with Gasteiger partial charge in [0.25, 0.3) is 0 Å². The molecular formula is C13H16N2O2S. The molecule has 0 radical (unpaired) electrons. The van der Waals surface area contributed by atoms with Crippen molar-refractivity contribution < 1.29 is 8.42 Å². The van der Waals surface area contributed by atoms with Gasteiger partial charge in [0, 0.05) is 23.1 Å². The Hall–Kier alpha value is -1.33. The second kappa shape index (κ2) is 4.10. The lowest BCUT2D eigenvalue weighted by atomic mass is 10.1. The summed E-state index contributed by atoms with van der Waals surface area (Å²) in [6, 6.07) is 8.15. The van der Waals surface area contributed by atoms with E-state index >= 15 is 0 Å². The van der Waals surface area contributed by atoms with Crippen LogP contribution in [0.4, 0.5) is 0 Å². The summed E-state index contributed by atoms with van der Waals surface area (Å²) in [6.45, 7) is 1.07.